The molecule has 1 aliphatic heterocycles. The maximum absolute atomic E-state index is 6.14. The molecule has 4 rings (SSSR count). The molecule has 2 heterocycles. The summed E-state index contributed by atoms with van der Waals surface area (Å²) in [5, 5.41) is 2.33. The van der Waals surface area contributed by atoms with E-state index in [1.165, 1.54) is 10.3 Å². The number of nitrogens with zero attached hydrogens (tertiary/aromatic N) is 3. The second-order valence-electron chi connectivity index (χ2n) is 5.99. The van der Waals surface area contributed by atoms with Gasteiger partial charge in [0.05, 0.1) is 20.3 Å². The molecule has 0 amide bonds. The van der Waals surface area contributed by atoms with Crippen molar-refractivity contribution in [2.45, 2.75) is 6.92 Å². The van der Waals surface area contributed by atoms with Gasteiger partial charge < -0.3 is 9.80 Å². The van der Waals surface area contributed by atoms with Crippen molar-refractivity contribution in [3.05, 3.63) is 52.0 Å². The van der Waals surface area contributed by atoms with Crippen LogP contribution in [0.5, 0.6) is 0 Å². The average Bonchev–Trinajstić information content (AvgIpc) is 3.03. The third-order valence-corrected chi connectivity index (χ3v) is 6.25. The fourth-order valence-electron chi connectivity index (χ4n) is 3.05. The van der Waals surface area contributed by atoms with Gasteiger partial charge in [0.2, 0.25) is 0 Å². The van der Waals surface area contributed by atoms with E-state index in [1.807, 2.05) is 18.2 Å². The van der Waals surface area contributed by atoms with E-state index in [2.05, 4.69) is 34.9 Å². The molecule has 2 aromatic carbocycles. The Kier molecular flexibility index (Phi) is 4.29. The zero-order valence-corrected chi connectivity index (χ0v) is 15.6. The number of halogens is 2. The third-order valence-electron chi connectivity index (χ3n) is 4.43. The first-order valence-corrected chi connectivity index (χ1v) is 9.50. The summed E-state index contributed by atoms with van der Waals surface area (Å²) in [6.45, 7) is 5.94. The Balaban J connectivity index is 1.50. The summed E-state index contributed by atoms with van der Waals surface area (Å²) in [5.74, 6) is 0. The third kappa shape index (κ3) is 2.94. The van der Waals surface area contributed by atoms with E-state index in [-0.39, 0.29) is 0 Å². The number of rotatable bonds is 2. The lowest BCUT2D eigenvalue weighted by molar-refractivity contribution is 0.652. The van der Waals surface area contributed by atoms with Crippen LogP contribution in [0.2, 0.25) is 10.0 Å². The number of anilines is 2. The lowest BCUT2D eigenvalue weighted by Crippen LogP contribution is -2.46. The van der Waals surface area contributed by atoms with Gasteiger partial charge >= 0.3 is 0 Å². The first kappa shape index (κ1) is 16.0. The van der Waals surface area contributed by atoms with E-state index in [4.69, 9.17) is 28.2 Å². The zero-order chi connectivity index (χ0) is 16.7. The van der Waals surface area contributed by atoms with Gasteiger partial charge in [-0.1, -0.05) is 46.7 Å². The standard InChI is InChI=1S/C18H17Cl2N3S/c1-12-3-2-4-16-17(12)21-18(24-16)23-9-7-22(8-10-23)13-5-6-14(19)15(20)11-13/h2-6,11H,7-10H2,1H3. The molecule has 3 nitrogen and oxygen atoms in total. The summed E-state index contributed by atoms with van der Waals surface area (Å²) in [6.07, 6.45) is 0. The SMILES string of the molecule is Cc1cccc2sc(N3CCN(c4ccc(Cl)c(Cl)c4)CC3)nc12. The Morgan fingerprint density at radius 1 is 0.958 bits per heavy atom. The number of aromatic nitrogens is 1. The second-order valence-corrected chi connectivity index (χ2v) is 7.81. The fraction of sp³-hybridized carbons (Fsp3) is 0.278. The highest BCUT2D eigenvalue weighted by molar-refractivity contribution is 7.22. The van der Waals surface area contributed by atoms with E-state index in [0.717, 1.165) is 42.5 Å². The number of aryl methyl sites for hydroxylation is 1. The van der Waals surface area contributed by atoms with Crippen molar-refractivity contribution in [2.75, 3.05) is 36.0 Å². The van der Waals surface area contributed by atoms with Crippen molar-refractivity contribution in [1.29, 1.82) is 0 Å². The van der Waals surface area contributed by atoms with E-state index in [9.17, 15) is 0 Å². The summed E-state index contributed by atoms with van der Waals surface area (Å²) in [5.41, 5.74) is 3.50. The van der Waals surface area contributed by atoms with Crippen LogP contribution in [0.3, 0.4) is 0 Å². The van der Waals surface area contributed by atoms with E-state index >= 15 is 0 Å². The van der Waals surface area contributed by atoms with Crippen LogP contribution in [0.15, 0.2) is 36.4 Å². The molecule has 0 bridgehead atoms. The Hall–Kier alpha value is -1.49. The van der Waals surface area contributed by atoms with Crippen molar-refractivity contribution in [2.24, 2.45) is 0 Å². The van der Waals surface area contributed by atoms with Gasteiger partial charge in [-0.3, -0.25) is 0 Å². The van der Waals surface area contributed by atoms with Crippen molar-refractivity contribution >= 4 is 55.6 Å². The van der Waals surface area contributed by atoms with Crippen LogP contribution in [-0.4, -0.2) is 31.2 Å². The second kappa shape index (κ2) is 6.43. The molecule has 1 aromatic heterocycles. The van der Waals surface area contributed by atoms with Crippen molar-refractivity contribution < 1.29 is 0 Å². The van der Waals surface area contributed by atoms with Gasteiger partial charge in [-0.05, 0) is 36.8 Å². The molecule has 3 aromatic rings. The molecule has 1 saturated heterocycles. The monoisotopic (exact) mass is 377 g/mol. The molecule has 1 fully saturated rings. The van der Waals surface area contributed by atoms with Crippen LogP contribution in [0.1, 0.15) is 5.56 Å². The number of para-hydroxylation sites is 1. The topological polar surface area (TPSA) is 19.4 Å². The van der Waals surface area contributed by atoms with Gasteiger partial charge in [-0.15, -0.1) is 0 Å². The fourth-order valence-corrected chi connectivity index (χ4v) is 4.43. The Morgan fingerprint density at radius 3 is 2.42 bits per heavy atom. The minimum Gasteiger partial charge on any atom is -0.368 e. The summed E-state index contributed by atoms with van der Waals surface area (Å²) < 4.78 is 1.26. The molecule has 24 heavy (non-hydrogen) atoms. The summed E-state index contributed by atoms with van der Waals surface area (Å²) >= 11 is 13.9. The molecule has 6 heteroatoms. The van der Waals surface area contributed by atoms with Gasteiger partial charge in [0, 0.05) is 31.9 Å². The molecule has 0 aliphatic carbocycles. The van der Waals surface area contributed by atoms with Crippen molar-refractivity contribution in [3.63, 3.8) is 0 Å². The van der Waals surface area contributed by atoms with Crippen LogP contribution in [0, 0.1) is 6.92 Å². The number of benzene rings is 2. The van der Waals surface area contributed by atoms with Crippen LogP contribution >= 0.6 is 34.5 Å². The van der Waals surface area contributed by atoms with E-state index in [1.54, 1.807) is 11.3 Å². The Labute approximate surface area is 155 Å². The molecular formula is C18H17Cl2N3S. The highest BCUT2D eigenvalue weighted by Crippen LogP contribution is 2.32. The van der Waals surface area contributed by atoms with Crippen molar-refractivity contribution in [1.82, 2.24) is 4.98 Å². The van der Waals surface area contributed by atoms with Crippen LogP contribution in [-0.2, 0) is 0 Å². The lowest BCUT2D eigenvalue weighted by atomic mass is 10.2. The van der Waals surface area contributed by atoms with Gasteiger partial charge in [0.15, 0.2) is 5.13 Å². The zero-order valence-electron chi connectivity index (χ0n) is 13.3. The summed E-state index contributed by atoms with van der Waals surface area (Å²) in [4.78, 5) is 9.56. The number of hydrogen-bond donors (Lipinski definition) is 0. The lowest BCUT2D eigenvalue weighted by Gasteiger charge is -2.36. The normalized spacial score (nSPS) is 15.3. The average molecular weight is 378 g/mol. The summed E-state index contributed by atoms with van der Waals surface area (Å²) in [6, 6.07) is 12.2. The van der Waals surface area contributed by atoms with E-state index in [0.29, 0.717) is 10.0 Å². The molecule has 0 spiro atoms. The molecule has 1 aliphatic rings. The number of fused-ring (bicyclic) bond motifs is 1. The maximum atomic E-state index is 6.14. The quantitative estimate of drug-likeness (QED) is 0.608. The molecule has 0 unspecified atom stereocenters. The smallest absolute Gasteiger partial charge is 0.186 e. The number of hydrogen-bond acceptors (Lipinski definition) is 4. The first-order valence-electron chi connectivity index (χ1n) is 7.93. The molecule has 0 saturated carbocycles. The summed E-state index contributed by atoms with van der Waals surface area (Å²) in [7, 11) is 0. The molecular weight excluding hydrogens is 361 g/mol. The molecule has 0 radical (unpaired) electrons. The van der Waals surface area contributed by atoms with Gasteiger partial charge in [0.25, 0.3) is 0 Å². The Bertz CT molecular complexity index is 885. The van der Waals surface area contributed by atoms with Gasteiger partial charge in [-0.2, -0.15) is 0 Å². The van der Waals surface area contributed by atoms with Crippen LogP contribution < -0.4 is 9.80 Å². The maximum Gasteiger partial charge on any atom is 0.186 e. The largest absolute Gasteiger partial charge is 0.368 e. The highest BCUT2D eigenvalue weighted by atomic mass is 35.5. The van der Waals surface area contributed by atoms with Gasteiger partial charge in [-0.25, -0.2) is 4.98 Å². The predicted octanol–water partition coefficient (Wildman–Crippen LogP) is 5.24. The minimum atomic E-state index is 0.601. The minimum absolute atomic E-state index is 0.601. The molecule has 124 valence electrons. The highest BCUT2D eigenvalue weighted by Gasteiger charge is 2.20. The molecule has 0 N–H and O–H groups in total. The predicted molar refractivity (Wildman–Crippen MR) is 105 cm³/mol. The van der Waals surface area contributed by atoms with Crippen LogP contribution in [0.25, 0.3) is 10.2 Å². The number of piperazine rings is 1. The van der Waals surface area contributed by atoms with Gasteiger partial charge in [0.1, 0.15) is 0 Å². The van der Waals surface area contributed by atoms with Crippen molar-refractivity contribution in [3.8, 4) is 0 Å². The first-order chi connectivity index (χ1) is 11.6. The van der Waals surface area contributed by atoms with Crippen LogP contribution in [0.4, 0.5) is 10.8 Å². The van der Waals surface area contributed by atoms with E-state index < -0.39 is 0 Å². The Morgan fingerprint density at radius 2 is 1.71 bits per heavy atom. The molecule has 0 atom stereocenters. The number of thiazole rings is 1.